The predicted octanol–water partition coefficient (Wildman–Crippen LogP) is 0.781. The van der Waals surface area contributed by atoms with Crippen molar-refractivity contribution in [1.82, 2.24) is 10.6 Å². The Balaban J connectivity index is 4.59. The van der Waals surface area contributed by atoms with E-state index >= 15 is 0 Å². The number of nitrogens with one attached hydrogen (secondary N) is 2. The van der Waals surface area contributed by atoms with Crippen LogP contribution in [0.4, 0.5) is 0 Å². The van der Waals surface area contributed by atoms with Crippen LogP contribution in [0.2, 0.25) is 0 Å². The standard InChI is InChI=1S/C13H27N3O2/c1-6-13(7-2,8-14)12(18)16-10(5)11(17)15-9(3)4/h9-10H,6-8,14H2,1-5H3,(H,15,17)(H,16,18). The minimum atomic E-state index is -0.563. The Morgan fingerprint density at radius 1 is 1.11 bits per heavy atom. The molecule has 0 heterocycles. The first kappa shape index (κ1) is 16.9. The molecule has 5 nitrogen and oxygen atoms in total. The monoisotopic (exact) mass is 257 g/mol. The van der Waals surface area contributed by atoms with Gasteiger partial charge in [-0.15, -0.1) is 0 Å². The number of amides is 2. The van der Waals surface area contributed by atoms with E-state index in [1.165, 1.54) is 0 Å². The summed E-state index contributed by atoms with van der Waals surface area (Å²) in [6.07, 6.45) is 1.34. The van der Waals surface area contributed by atoms with Crippen molar-refractivity contribution in [1.29, 1.82) is 0 Å². The maximum Gasteiger partial charge on any atom is 0.242 e. The maximum atomic E-state index is 12.2. The highest BCUT2D eigenvalue weighted by Crippen LogP contribution is 2.25. The van der Waals surface area contributed by atoms with Crippen molar-refractivity contribution in [3.8, 4) is 0 Å². The van der Waals surface area contributed by atoms with E-state index in [1.807, 2.05) is 27.7 Å². The van der Waals surface area contributed by atoms with Crippen LogP contribution < -0.4 is 16.4 Å². The van der Waals surface area contributed by atoms with Crippen molar-refractivity contribution >= 4 is 11.8 Å². The highest BCUT2D eigenvalue weighted by atomic mass is 16.2. The van der Waals surface area contributed by atoms with E-state index in [9.17, 15) is 9.59 Å². The number of hydrogen-bond donors (Lipinski definition) is 3. The third-order valence-corrected chi connectivity index (χ3v) is 3.40. The molecule has 0 aromatic carbocycles. The average Bonchev–Trinajstić information content (AvgIpc) is 2.31. The number of rotatable bonds is 7. The van der Waals surface area contributed by atoms with Gasteiger partial charge in [-0.1, -0.05) is 13.8 Å². The van der Waals surface area contributed by atoms with Crippen LogP contribution in [-0.2, 0) is 9.59 Å². The van der Waals surface area contributed by atoms with E-state index in [0.29, 0.717) is 19.4 Å². The molecule has 1 atom stereocenters. The lowest BCUT2D eigenvalue weighted by atomic mass is 9.81. The van der Waals surface area contributed by atoms with Gasteiger partial charge in [0.05, 0.1) is 5.41 Å². The third kappa shape index (κ3) is 4.29. The summed E-state index contributed by atoms with van der Waals surface area (Å²) in [5.74, 6) is -0.308. The second-order valence-electron chi connectivity index (χ2n) is 5.05. The number of nitrogens with two attached hydrogens (primary N) is 1. The van der Waals surface area contributed by atoms with Crippen LogP contribution >= 0.6 is 0 Å². The van der Waals surface area contributed by atoms with Crippen LogP contribution in [0.5, 0.6) is 0 Å². The quantitative estimate of drug-likeness (QED) is 0.630. The lowest BCUT2D eigenvalue weighted by molar-refractivity contribution is -0.135. The summed E-state index contributed by atoms with van der Waals surface area (Å²) in [4.78, 5) is 23.9. The van der Waals surface area contributed by atoms with Crippen molar-refractivity contribution in [2.45, 2.75) is 59.5 Å². The summed E-state index contributed by atoms with van der Waals surface area (Å²) >= 11 is 0. The summed E-state index contributed by atoms with van der Waals surface area (Å²) in [5, 5.41) is 5.52. The van der Waals surface area contributed by atoms with Gasteiger partial charge in [-0.3, -0.25) is 9.59 Å². The molecular weight excluding hydrogens is 230 g/mol. The first-order valence-corrected chi connectivity index (χ1v) is 6.64. The van der Waals surface area contributed by atoms with Gasteiger partial charge in [0.15, 0.2) is 0 Å². The van der Waals surface area contributed by atoms with Crippen LogP contribution in [0.3, 0.4) is 0 Å². The molecule has 0 aliphatic heterocycles. The van der Waals surface area contributed by atoms with Crippen LogP contribution in [0, 0.1) is 5.41 Å². The fourth-order valence-corrected chi connectivity index (χ4v) is 1.78. The zero-order valence-electron chi connectivity index (χ0n) is 12.2. The zero-order chi connectivity index (χ0) is 14.3. The fourth-order valence-electron chi connectivity index (χ4n) is 1.78. The molecule has 0 saturated heterocycles. The molecule has 18 heavy (non-hydrogen) atoms. The molecule has 0 aromatic heterocycles. The molecule has 106 valence electrons. The minimum Gasteiger partial charge on any atom is -0.352 e. The van der Waals surface area contributed by atoms with Gasteiger partial charge >= 0.3 is 0 Å². The minimum absolute atomic E-state index is 0.0634. The van der Waals surface area contributed by atoms with Gasteiger partial charge in [0.25, 0.3) is 0 Å². The van der Waals surface area contributed by atoms with Crippen LogP contribution in [0.1, 0.15) is 47.5 Å². The average molecular weight is 257 g/mol. The molecular formula is C13H27N3O2. The van der Waals surface area contributed by atoms with Crippen LogP contribution in [-0.4, -0.2) is 30.4 Å². The number of carbonyl (C=O) groups is 2. The van der Waals surface area contributed by atoms with Crippen molar-refractivity contribution < 1.29 is 9.59 Å². The Labute approximate surface area is 110 Å². The molecule has 0 radical (unpaired) electrons. The highest BCUT2D eigenvalue weighted by Gasteiger charge is 2.34. The Hall–Kier alpha value is -1.10. The third-order valence-electron chi connectivity index (χ3n) is 3.40. The second kappa shape index (κ2) is 7.36. The number of hydrogen-bond acceptors (Lipinski definition) is 3. The topological polar surface area (TPSA) is 84.2 Å². The van der Waals surface area contributed by atoms with Gasteiger partial charge in [0, 0.05) is 12.6 Å². The molecule has 4 N–H and O–H groups in total. The van der Waals surface area contributed by atoms with E-state index in [-0.39, 0.29) is 17.9 Å². The van der Waals surface area contributed by atoms with Gasteiger partial charge in [0.2, 0.25) is 11.8 Å². The van der Waals surface area contributed by atoms with Crippen LogP contribution in [0.15, 0.2) is 0 Å². The van der Waals surface area contributed by atoms with Crippen molar-refractivity contribution in [2.75, 3.05) is 6.54 Å². The van der Waals surface area contributed by atoms with E-state index < -0.39 is 11.5 Å². The van der Waals surface area contributed by atoms with Crippen molar-refractivity contribution in [3.63, 3.8) is 0 Å². The highest BCUT2D eigenvalue weighted by molar-refractivity contribution is 5.90. The van der Waals surface area contributed by atoms with Crippen molar-refractivity contribution in [3.05, 3.63) is 0 Å². The van der Waals surface area contributed by atoms with Crippen LogP contribution in [0.25, 0.3) is 0 Å². The smallest absolute Gasteiger partial charge is 0.242 e. The Kier molecular flexibility index (Phi) is 6.91. The summed E-state index contributed by atoms with van der Waals surface area (Å²) in [7, 11) is 0. The molecule has 2 amide bonds. The maximum absolute atomic E-state index is 12.2. The largest absolute Gasteiger partial charge is 0.352 e. The molecule has 5 heteroatoms. The first-order valence-electron chi connectivity index (χ1n) is 6.64. The first-order chi connectivity index (χ1) is 8.32. The van der Waals surface area contributed by atoms with Gasteiger partial charge in [0.1, 0.15) is 6.04 Å². The molecule has 0 aliphatic carbocycles. The Morgan fingerprint density at radius 2 is 1.61 bits per heavy atom. The summed E-state index contributed by atoms with van der Waals surface area (Å²) in [6, 6.07) is -0.475. The molecule has 0 bridgehead atoms. The van der Waals surface area contributed by atoms with Gasteiger partial charge in [-0.25, -0.2) is 0 Å². The van der Waals surface area contributed by atoms with Gasteiger partial charge in [-0.2, -0.15) is 0 Å². The second-order valence-corrected chi connectivity index (χ2v) is 5.05. The lowest BCUT2D eigenvalue weighted by Crippen LogP contribution is -2.53. The molecule has 0 fully saturated rings. The molecule has 0 aromatic rings. The summed E-state index contributed by atoms with van der Waals surface area (Å²) in [5.41, 5.74) is 5.14. The Morgan fingerprint density at radius 3 is 1.94 bits per heavy atom. The summed E-state index contributed by atoms with van der Waals surface area (Å²) in [6.45, 7) is 9.62. The van der Waals surface area contributed by atoms with E-state index in [1.54, 1.807) is 6.92 Å². The normalized spacial score (nSPS) is 13.3. The lowest BCUT2D eigenvalue weighted by Gasteiger charge is -2.30. The zero-order valence-corrected chi connectivity index (χ0v) is 12.2. The molecule has 0 spiro atoms. The molecule has 1 unspecified atom stereocenters. The van der Waals surface area contributed by atoms with E-state index in [2.05, 4.69) is 10.6 Å². The molecule has 0 saturated carbocycles. The number of carbonyl (C=O) groups excluding carboxylic acids is 2. The van der Waals surface area contributed by atoms with Gasteiger partial charge in [-0.05, 0) is 33.6 Å². The predicted molar refractivity (Wildman–Crippen MR) is 73.0 cm³/mol. The Bertz CT molecular complexity index is 278. The summed E-state index contributed by atoms with van der Waals surface area (Å²) < 4.78 is 0. The van der Waals surface area contributed by atoms with Gasteiger partial charge < -0.3 is 16.4 Å². The molecule has 0 aliphatic rings. The molecule has 0 rings (SSSR count). The fraction of sp³-hybridized carbons (Fsp3) is 0.846. The van der Waals surface area contributed by atoms with Crippen molar-refractivity contribution in [2.24, 2.45) is 11.1 Å². The SMILES string of the molecule is CCC(CC)(CN)C(=O)NC(C)C(=O)NC(C)C. The van der Waals surface area contributed by atoms with E-state index in [4.69, 9.17) is 5.73 Å². The van der Waals surface area contributed by atoms with E-state index in [0.717, 1.165) is 0 Å².